The number of hydrogen-bond donors (Lipinski definition) is 0. The van der Waals surface area contributed by atoms with Crippen molar-refractivity contribution in [3.8, 4) is 0 Å². The maximum atomic E-state index is 6.19. The van der Waals surface area contributed by atoms with Gasteiger partial charge in [0.1, 0.15) is 0 Å². The van der Waals surface area contributed by atoms with E-state index in [0.29, 0.717) is 6.04 Å². The molecule has 156 valence electrons. The van der Waals surface area contributed by atoms with E-state index in [1.54, 1.807) is 0 Å². The molecule has 3 aromatic rings. The molecule has 0 bridgehead atoms. The number of pyridine rings is 1. The number of para-hydroxylation sites is 1. The van der Waals surface area contributed by atoms with Crippen molar-refractivity contribution in [2.45, 2.75) is 25.4 Å². The van der Waals surface area contributed by atoms with Gasteiger partial charge in [0.2, 0.25) is 0 Å². The largest absolute Gasteiger partial charge is 0.369 e. The van der Waals surface area contributed by atoms with Crippen LogP contribution in [0.25, 0.3) is 10.9 Å². The fourth-order valence-electron chi connectivity index (χ4n) is 5.03. The topological polar surface area (TPSA) is 22.6 Å². The smallest absolute Gasteiger partial charge is 0.0746 e. The summed E-state index contributed by atoms with van der Waals surface area (Å²) < 4.78 is 0. The SMILES string of the molecule is Clc1cccc(N2CCN([C@@H]3CCCN(Cc4cccc5cccnc45)C3)CC2)c1. The first kappa shape index (κ1) is 19.8. The molecular weight excluding hydrogens is 392 g/mol. The van der Waals surface area contributed by atoms with Crippen LogP contribution in [0.4, 0.5) is 5.69 Å². The lowest BCUT2D eigenvalue weighted by molar-refractivity contribution is 0.0890. The summed E-state index contributed by atoms with van der Waals surface area (Å²) in [4.78, 5) is 12.4. The van der Waals surface area contributed by atoms with Crippen molar-refractivity contribution in [2.24, 2.45) is 0 Å². The van der Waals surface area contributed by atoms with Crippen molar-refractivity contribution in [1.29, 1.82) is 0 Å². The average Bonchev–Trinajstić information content (AvgIpc) is 2.80. The standard InChI is InChI=1S/C25H29ClN4/c26-22-8-2-9-23(17-22)29-13-15-30(16-14-29)24-10-4-12-28(19-24)18-21-6-1-5-20-7-3-11-27-25(20)21/h1-3,5-9,11,17,24H,4,10,12-16,18-19H2/t24-/m1/s1. The monoisotopic (exact) mass is 420 g/mol. The van der Waals surface area contributed by atoms with Crippen LogP contribution in [0.3, 0.4) is 0 Å². The van der Waals surface area contributed by atoms with Crippen LogP contribution in [0, 0.1) is 0 Å². The molecule has 0 saturated carbocycles. The van der Waals surface area contributed by atoms with Gasteiger partial charge in [-0.15, -0.1) is 0 Å². The number of piperidine rings is 1. The fraction of sp³-hybridized carbons (Fsp3) is 0.400. The third-order valence-electron chi connectivity index (χ3n) is 6.59. The minimum Gasteiger partial charge on any atom is -0.369 e. The second-order valence-electron chi connectivity index (χ2n) is 8.53. The number of rotatable bonds is 4. The zero-order valence-electron chi connectivity index (χ0n) is 17.4. The van der Waals surface area contributed by atoms with Gasteiger partial charge in [0.05, 0.1) is 5.52 Å². The van der Waals surface area contributed by atoms with Crippen LogP contribution < -0.4 is 4.90 Å². The van der Waals surface area contributed by atoms with Gasteiger partial charge in [-0.25, -0.2) is 0 Å². The number of anilines is 1. The summed E-state index contributed by atoms with van der Waals surface area (Å²) in [7, 11) is 0. The predicted molar refractivity (Wildman–Crippen MR) is 125 cm³/mol. The second-order valence-corrected chi connectivity index (χ2v) is 8.96. The Morgan fingerprint density at radius 3 is 2.63 bits per heavy atom. The fourth-order valence-corrected chi connectivity index (χ4v) is 5.21. The van der Waals surface area contributed by atoms with Gasteiger partial charge in [0.25, 0.3) is 0 Å². The Hall–Kier alpha value is -2.14. The third kappa shape index (κ3) is 4.31. The van der Waals surface area contributed by atoms with Gasteiger partial charge in [0.15, 0.2) is 0 Å². The Kier molecular flexibility index (Phi) is 5.89. The number of piperazine rings is 1. The minimum atomic E-state index is 0.656. The number of benzene rings is 2. The quantitative estimate of drug-likeness (QED) is 0.611. The van der Waals surface area contributed by atoms with Crippen LogP contribution in [0.2, 0.25) is 5.02 Å². The zero-order valence-corrected chi connectivity index (χ0v) is 18.1. The molecule has 0 N–H and O–H groups in total. The van der Waals surface area contributed by atoms with Crippen molar-refractivity contribution in [3.05, 3.63) is 71.4 Å². The van der Waals surface area contributed by atoms with E-state index in [-0.39, 0.29) is 0 Å². The lowest BCUT2D eigenvalue weighted by atomic mass is 10.0. The van der Waals surface area contributed by atoms with Crippen LogP contribution in [0.15, 0.2) is 60.8 Å². The van der Waals surface area contributed by atoms with Crippen molar-refractivity contribution in [3.63, 3.8) is 0 Å². The summed E-state index contributed by atoms with van der Waals surface area (Å²) in [6.07, 6.45) is 4.49. The molecule has 2 aromatic carbocycles. The molecule has 5 rings (SSSR count). The van der Waals surface area contributed by atoms with E-state index in [2.05, 4.69) is 56.1 Å². The summed E-state index contributed by atoms with van der Waals surface area (Å²) >= 11 is 6.19. The van der Waals surface area contributed by atoms with Gasteiger partial charge in [-0.1, -0.05) is 41.9 Å². The maximum Gasteiger partial charge on any atom is 0.0746 e. The molecule has 0 amide bonds. The lowest BCUT2D eigenvalue weighted by Crippen LogP contribution is -2.55. The second kappa shape index (κ2) is 8.93. The molecule has 2 fully saturated rings. The van der Waals surface area contributed by atoms with Crippen molar-refractivity contribution < 1.29 is 0 Å². The summed E-state index contributed by atoms with van der Waals surface area (Å²) in [5, 5.41) is 2.06. The number of likely N-dealkylation sites (tertiary alicyclic amines) is 1. The first-order valence-corrected chi connectivity index (χ1v) is 11.4. The third-order valence-corrected chi connectivity index (χ3v) is 6.83. The zero-order chi connectivity index (χ0) is 20.3. The molecule has 2 aliphatic rings. The van der Waals surface area contributed by atoms with E-state index in [1.165, 1.54) is 36.0 Å². The highest BCUT2D eigenvalue weighted by Gasteiger charge is 2.28. The summed E-state index contributed by atoms with van der Waals surface area (Å²) in [5.74, 6) is 0. The Balaban J connectivity index is 1.21. The van der Waals surface area contributed by atoms with Gasteiger partial charge >= 0.3 is 0 Å². The molecule has 1 aromatic heterocycles. The lowest BCUT2D eigenvalue weighted by Gasteiger charge is -2.44. The van der Waals surface area contributed by atoms with Crippen LogP contribution in [0.5, 0.6) is 0 Å². The Morgan fingerprint density at radius 1 is 0.933 bits per heavy atom. The van der Waals surface area contributed by atoms with E-state index in [0.717, 1.165) is 49.8 Å². The van der Waals surface area contributed by atoms with Crippen molar-refractivity contribution in [1.82, 2.24) is 14.8 Å². The van der Waals surface area contributed by atoms with Crippen molar-refractivity contribution >= 4 is 28.2 Å². The van der Waals surface area contributed by atoms with Crippen LogP contribution >= 0.6 is 11.6 Å². The maximum absolute atomic E-state index is 6.19. The van der Waals surface area contributed by atoms with Crippen LogP contribution in [-0.2, 0) is 6.54 Å². The number of nitrogens with zero attached hydrogens (tertiary/aromatic N) is 4. The summed E-state index contributed by atoms with van der Waals surface area (Å²) in [6, 6.07) is 19.6. The summed E-state index contributed by atoms with van der Waals surface area (Å²) in [5.41, 5.74) is 3.74. The van der Waals surface area contributed by atoms with Crippen LogP contribution in [0.1, 0.15) is 18.4 Å². The molecule has 5 heteroatoms. The van der Waals surface area contributed by atoms with E-state index >= 15 is 0 Å². The van der Waals surface area contributed by atoms with E-state index in [1.807, 2.05) is 24.4 Å². The Bertz CT molecular complexity index is 994. The first-order chi connectivity index (χ1) is 14.8. The molecule has 30 heavy (non-hydrogen) atoms. The number of halogens is 1. The molecule has 2 aliphatic heterocycles. The number of aromatic nitrogens is 1. The van der Waals surface area contributed by atoms with Crippen molar-refractivity contribution in [2.75, 3.05) is 44.2 Å². The molecule has 0 spiro atoms. The van der Waals surface area contributed by atoms with E-state index < -0.39 is 0 Å². The molecule has 0 aliphatic carbocycles. The summed E-state index contributed by atoms with van der Waals surface area (Å²) in [6.45, 7) is 7.73. The van der Waals surface area contributed by atoms with Gasteiger partial charge in [-0.05, 0) is 49.2 Å². The van der Waals surface area contributed by atoms with Gasteiger partial charge in [-0.2, -0.15) is 0 Å². The molecule has 3 heterocycles. The highest BCUT2D eigenvalue weighted by atomic mass is 35.5. The highest BCUT2D eigenvalue weighted by Crippen LogP contribution is 2.25. The Morgan fingerprint density at radius 2 is 1.77 bits per heavy atom. The van der Waals surface area contributed by atoms with E-state index in [4.69, 9.17) is 11.6 Å². The number of fused-ring (bicyclic) bond motifs is 1. The molecule has 4 nitrogen and oxygen atoms in total. The normalized spacial score (nSPS) is 21.2. The van der Waals surface area contributed by atoms with Crippen LogP contribution in [-0.4, -0.2) is 60.1 Å². The molecule has 0 unspecified atom stereocenters. The van der Waals surface area contributed by atoms with E-state index in [9.17, 15) is 0 Å². The molecule has 0 radical (unpaired) electrons. The van der Waals surface area contributed by atoms with Gasteiger partial charge in [0, 0.05) is 67.6 Å². The first-order valence-electron chi connectivity index (χ1n) is 11.1. The molecular formula is C25H29ClN4. The van der Waals surface area contributed by atoms with Gasteiger partial charge in [-0.3, -0.25) is 14.8 Å². The molecule has 1 atom stereocenters. The average molecular weight is 421 g/mol. The Labute approximate surface area is 184 Å². The predicted octanol–water partition coefficient (Wildman–Crippen LogP) is 4.67. The number of hydrogen-bond acceptors (Lipinski definition) is 4. The molecule has 2 saturated heterocycles. The highest BCUT2D eigenvalue weighted by molar-refractivity contribution is 6.30. The minimum absolute atomic E-state index is 0.656. The van der Waals surface area contributed by atoms with Gasteiger partial charge < -0.3 is 4.90 Å².